The minimum Gasteiger partial charge on any atom is -0.327 e. The highest BCUT2D eigenvalue weighted by atomic mass is 15.2. The van der Waals surface area contributed by atoms with Crippen molar-refractivity contribution in [2.24, 2.45) is 23.5 Å². The molecule has 2 bridgehead atoms. The summed E-state index contributed by atoms with van der Waals surface area (Å²) in [5.74, 6) is 2.58. The fourth-order valence-electron chi connectivity index (χ4n) is 4.64. The molecule has 0 aromatic carbocycles. The lowest BCUT2D eigenvalue weighted by Crippen LogP contribution is -2.47. The van der Waals surface area contributed by atoms with Crippen molar-refractivity contribution >= 4 is 0 Å². The van der Waals surface area contributed by atoms with E-state index >= 15 is 0 Å². The van der Waals surface area contributed by atoms with Crippen molar-refractivity contribution in [3.63, 3.8) is 0 Å². The Balaban J connectivity index is 1.53. The van der Waals surface area contributed by atoms with Gasteiger partial charge in [0.25, 0.3) is 0 Å². The summed E-state index contributed by atoms with van der Waals surface area (Å²) in [5.41, 5.74) is 6.43. The van der Waals surface area contributed by atoms with Gasteiger partial charge >= 0.3 is 0 Å². The molecule has 0 aromatic heterocycles. The van der Waals surface area contributed by atoms with Crippen molar-refractivity contribution in [1.82, 2.24) is 9.80 Å². The highest BCUT2D eigenvalue weighted by Gasteiger charge is 2.46. The van der Waals surface area contributed by atoms with E-state index in [0.717, 1.165) is 23.8 Å². The first-order valence-corrected chi connectivity index (χ1v) is 7.79. The molecule has 0 amide bonds. The van der Waals surface area contributed by atoms with Crippen molar-refractivity contribution in [2.75, 3.05) is 33.7 Å². The normalized spacial score (nSPS) is 42.0. The lowest BCUT2D eigenvalue weighted by Gasteiger charge is -2.39. The van der Waals surface area contributed by atoms with Crippen LogP contribution in [0.3, 0.4) is 0 Å². The average molecular weight is 251 g/mol. The van der Waals surface area contributed by atoms with Crippen LogP contribution in [0.5, 0.6) is 0 Å². The van der Waals surface area contributed by atoms with Crippen LogP contribution in [0.2, 0.25) is 0 Å². The van der Waals surface area contributed by atoms with Gasteiger partial charge < -0.3 is 15.5 Å². The maximum Gasteiger partial charge on any atom is 0.0117 e. The number of fused-ring (bicyclic) bond motifs is 2. The molecule has 104 valence electrons. The van der Waals surface area contributed by atoms with Gasteiger partial charge in [-0.1, -0.05) is 0 Å². The SMILES string of the molecule is CN1CCC(N(C)CC2C3CCC(C3)C2N)CC1. The van der Waals surface area contributed by atoms with Gasteiger partial charge in [0.05, 0.1) is 0 Å². The van der Waals surface area contributed by atoms with Gasteiger partial charge in [-0.05, 0) is 77.0 Å². The van der Waals surface area contributed by atoms with Crippen molar-refractivity contribution in [1.29, 1.82) is 0 Å². The van der Waals surface area contributed by atoms with Gasteiger partial charge in [0.1, 0.15) is 0 Å². The third-order valence-corrected chi connectivity index (χ3v) is 5.97. The predicted molar refractivity (Wildman–Crippen MR) is 75.4 cm³/mol. The molecule has 3 nitrogen and oxygen atoms in total. The molecule has 4 unspecified atom stereocenters. The van der Waals surface area contributed by atoms with E-state index < -0.39 is 0 Å². The van der Waals surface area contributed by atoms with Gasteiger partial charge in [-0.3, -0.25) is 0 Å². The van der Waals surface area contributed by atoms with Gasteiger partial charge in [-0.2, -0.15) is 0 Å². The van der Waals surface area contributed by atoms with Crippen LogP contribution in [0, 0.1) is 17.8 Å². The molecule has 0 radical (unpaired) electrons. The van der Waals surface area contributed by atoms with E-state index in [0.29, 0.717) is 6.04 Å². The Labute approximate surface area is 112 Å². The number of piperidine rings is 1. The van der Waals surface area contributed by atoms with Gasteiger partial charge in [-0.15, -0.1) is 0 Å². The van der Waals surface area contributed by atoms with Crippen LogP contribution in [-0.2, 0) is 0 Å². The largest absolute Gasteiger partial charge is 0.327 e. The number of likely N-dealkylation sites (tertiary alicyclic amines) is 1. The molecule has 3 rings (SSSR count). The second kappa shape index (κ2) is 5.10. The van der Waals surface area contributed by atoms with Crippen molar-refractivity contribution in [3.05, 3.63) is 0 Å². The molecular weight excluding hydrogens is 222 g/mol. The Morgan fingerprint density at radius 1 is 1.11 bits per heavy atom. The highest BCUT2D eigenvalue weighted by molar-refractivity contribution is 5.00. The lowest BCUT2D eigenvalue weighted by atomic mass is 9.84. The van der Waals surface area contributed by atoms with E-state index in [2.05, 4.69) is 23.9 Å². The maximum atomic E-state index is 6.43. The summed E-state index contributed by atoms with van der Waals surface area (Å²) in [4.78, 5) is 5.08. The van der Waals surface area contributed by atoms with Gasteiger partial charge in [0, 0.05) is 18.6 Å². The Kier molecular flexibility index (Phi) is 3.65. The van der Waals surface area contributed by atoms with Crippen molar-refractivity contribution in [2.45, 2.75) is 44.2 Å². The third-order valence-electron chi connectivity index (χ3n) is 5.97. The second-order valence-electron chi connectivity index (χ2n) is 7.05. The molecule has 1 heterocycles. The first kappa shape index (κ1) is 12.9. The molecule has 4 atom stereocenters. The highest BCUT2D eigenvalue weighted by Crippen LogP contribution is 2.47. The van der Waals surface area contributed by atoms with Crippen LogP contribution in [0.15, 0.2) is 0 Å². The molecule has 18 heavy (non-hydrogen) atoms. The molecule has 1 saturated heterocycles. The predicted octanol–water partition coefficient (Wildman–Crippen LogP) is 1.39. The average Bonchev–Trinajstić information content (AvgIpc) is 2.94. The summed E-state index contributed by atoms with van der Waals surface area (Å²) in [5, 5.41) is 0. The van der Waals surface area contributed by atoms with Gasteiger partial charge in [0.15, 0.2) is 0 Å². The minimum absolute atomic E-state index is 0.498. The topological polar surface area (TPSA) is 32.5 Å². The maximum absolute atomic E-state index is 6.43. The quantitative estimate of drug-likeness (QED) is 0.822. The first-order valence-electron chi connectivity index (χ1n) is 7.79. The van der Waals surface area contributed by atoms with Crippen LogP contribution in [0.25, 0.3) is 0 Å². The van der Waals surface area contributed by atoms with Crippen LogP contribution in [0.1, 0.15) is 32.1 Å². The van der Waals surface area contributed by atoms with Crippen LogP contribution < -0.4 is 5.73 Å². The molecule has 2 N–H and O–H groups in total. The van der Waals surface area contributed by atoms with Gasteiger partial charge in [-0.25, -0.2) is 0 Å². The monoisotopic (exact) mass is 251 g/mol. The number of nitrogens with zero attached hydrogens (tertiary/aromatic N) is 2. The van der Waals surface area contributed by atoms with E-state index in [9.17, 15) is 0 Å². The van der Waals surface area contributed by atoms with Gasteiger partial charge in [0.2, 0.25) is 0 Å². The van der Waals surface area contributed by atoms with E-state index in [1.807, 2.05) is 0 Å². The van der Waals surface area contributed by atoms with Crippen LogP contribution in [0.4, 0.5) is 0 Å². The number of hydrogen-bond acceptors (Lipinski definition) is 3. The van der Waals surface area contributed by atoms with Crippen LogP contribution >= 0.6 is 0 Å². The Morgan fingerprint density at radius 2 is 1.78 bits per heavy atom. The lowest BCUT2D eigenvalue weighted by molar-refractivity contribution is 0.110. The van der Waals surface area contributed by atoms with Crippen molar-refractivity contribution in [3.8, 4) is 0 Å². The second-order valence-corrected chi connectivity index (χ2v) is 7.05. The third kappa shape index (κ3) is 2.33. The zero-order valence-corrected chi connectivity index (χ0v) is 12.0. The summed E-state index contributed by atoms with van der Waals surface area (Å²) in [6, 6.07) is 1.30. The molecule has 2 aliphatic carbocycles. The minimum atomic E-state index is 0.498. The summed E-state index contributed by atoms with van der Waals surface area (Å²) < 4.78 is 0. The molecule has 3 fully saturated rings. The first-order chi connectivity index (χ1) is 8.65. The molecule has 3 aliphatic rings. The molecule has 0 spiro atoms. The summed E-state index contributed by atoms with van der Waals surface area (Å²) >= 11 is 0. The Morgan fingerprint density at radius 3 is 2.39 bits per heavy atom. The molecule has 1 aliphatic heterocycles. The molecule has 2 saturated carbocycles. The standard InChI is InChI=1S/C15H29N3/c1-17-7-5-13(6-8-17)18(2)10-14-11-3-4-12(9-11)15(14)16/h11-15H,3-10,16H2,1-2H3. The fourth-order valence-corrected chi connectivity index (χ4v) is 4.64. The fraction of sp³-hybridized carbons (Fsp3) is 1.00. The van der Waals surface area contributed by atoms with E-state index in [1.54, 1.807) is 0 Å². The number of rotatable bonds is 3. The molecular formula is C15H29N3. The molecule has 0 aromatic rings. The Hall–Kier alpha value is -0.120. The molecule has 3 heteroatoms. The summed E-state index contributed by atoms with van der Waals surface area (Å²) in [6.45, 7) is 3.77. The zero-order chi connectivity index (χ0) is 12.7. The summed E-state index contributed by atoms with van der Waals surface area (Å²) in [6.07, 6.45) is 6.95. The number of nitrogens with two attached hydrogens (primary N) is 1. The van der Waals surface area contributed by atoms with E-state index in [4.69, 9.17) is 5.73 Å². The van der Waals surface area contributed by atoms with E-state index in [1.165, 1.54) is 51.7 Å². The number of hydrogen-bond donors (Lipinski definition) is 1. The van der Waals surface area contributed by atoms with Crippen molar-refractivity contribution < 1.29 is 0 Å². The summed E-state index contributed by atoms with van der Waals surface area (Å²) in [7, 11) is 4.57. The zero-order valence-electron chi connectivity index (χ0n) is 12.0. The smallest absolute Gasteiger partial charge is 0.0117 e. The van der Waals surface area contributed by atoms with E-state index in [-0.39, 0.29) is 0 Å². The van der Waals surface area contributed by atoms with Crippen LogP contribution in [-0.4, -0.2) is 55.6 Å². The Bertz CT molecular complexity index is 283.